The number of rotatable bonds is 3. The lowest BCUT2D eigenvalue weighted by Gasteiger charge is -2.23. The Morgan fingerprint density at radius 2 is 2.54 bits per heavy atom. The Hall–Kier alpha value is -0.610. The predicted octanol–water partition coefficient (Wildman–Crippen LogP) is 0.317. The lowest BCUT2D eigenvalue weighted by Crippen LogP contribution is -2.44. The van der Waals surface area contributed by atoms with Gasteiger partial charge in [0, 0.05) is 13.1 Å². The molecule has 0 spiro atoms. The van der Waals surface area contributed by atoms with Crippen LogP contribution in [-0.2, 0) is 14.3 Å². The fourth-order valence-electron chi connectivity index (χ4n) is 1.07. The van der Waals surface area contributed by atoms with Gasteiger partial charge in [0.05, 0.1) is 12.7 Å². The molecule has 1 aliphatic rings. The highest BCUT2D eigenvalue weighted by molar-refractivity contribution is 5.75. The van der Waals surface area contributed by atoms with Gasteiger partial charge >= 0.3 is 5.97 Å². The standard InChI is InChI=1S/C9H17NO3/c1-3-7(2)13-9(11)8-6-10-4-5-12-8/h7-8,10H,3-6H2,1-2H3. The zero-order valence-corrected chi connectivity index (χ0v) is 8.21. The van der Waals surface area contributed by atoms with E-state index in [0.29, 0.717) is 13.2 Å². The zero-order chi connectivity index (χ0) is 9.68. The normalized spacial score (nSPS) is 25.2. The van der Waals surface area contributed by atoms with Gasteiger partial charge in [-0.3, -0.25) is 0 Å². The molecule has 0 bridgehead atoms. The summed E-state index contributed by atoms with van der Waals surface area (Å²) in [6.45, 7) is 5.83. The molecular formula is C9H17NO3. The van der Waals surface area contributed by atoms with Gasteiger partial charge in [-0.1, -0.05) is 6.92 Å². The highest BCUT2D eigenvalue weighted by Crippen LogP contribution is 2.03. The first-order valence-electron chi connectivity index (χ1n) is 4.77. The molecule has 1 N–H and O–H groups in total. The molecule has 1 heterocycles. The molecule has 1 saturated heterocycles. The second-order valence-corrected chi connectivity index (χ2v) is 3.22. The highest BCUT2D eigenvalue weighted by atomic mass is 16.6. The Kier molecular flexibility index (Phi) is 4.18. The monoisotopic (exact) mass is 187 g/mol. The van der Waals surface area contributed by atoms with Gasteiger partial charge < -0.3 is 14.8 Å². The Bertz CT molecular complexity index is 166. The predicted molar refractivity (Wildman–Crippen MR) is 48.5 cm³/mol. The van der Waals surface area contributed by atoms with Crippen LogP contribution in [0.15, 0.2) is 0 Å². The van der Waals surface area contributed by atoms with Gasteiger partial charge in [0.2, 0.25) is 0 Å². The van der Waals surface area contributed by atoms with E-state index in [2.05, 4.69) is 5.32 Å². The largest absolute Gasteiger partial charge is 0.461 e. The summed E-state index contributed by atoms with van der Waals surface area (Å²) in [6, 6.07) is 0. The number of ether oxygens (including phenoxy) is 2. The first-order chi connectivity index (χ1) is 6.24. The average Bonchev–Trinajstić information content (AvgIpc) is 2.19. The summed E-state index contributed by atoms with van der Waals surface area (Å²) < 4.78 is 10.4. The number of carbonyl (C=O) groups is 1. The third kappa shape index (κ3) is 3.32. The molecule has 1 aliphatic heterocycles. The maximum Gasteiger partial charge on any atom is 0.336 e. The SMILES string of the molecule is CCC(C)OC(=O)C1CNCCO1. The smallest absolute Gasteiger partial charge is 0.336 e. The van der Waals surface area contributed by atoms with Crippen LogP contribution in [0.5, 0.6) is 0 Å². The molecule has 1 fully saturated rings. The van der Waals surface area contributed by atoms with E-state index in [-0.39, 0.29) is 12.1 Å². The minimum atomic E-state index is -0.414. The van der Waals surface area contributed by atoms with E-state index in [1.165, 1.54) is 0 Å². The van der Waals surface area contributed by atoms with E-state index in [9.17, 15) is 4.79 Å². The summed E-state index contributed by atoms with van der Waals surface area (Å²) >= 11 is 0. The molecule has 0 amide bonds. The summed E-state index contributed by atoms with van der Waals surface area (Å²) in [5.74, 6) is -0.249. The molecule has 4 heteroatoms. The minimum absolute atomic E-state index is 0.0157. The molecule has 0 aromatic carbocycles. The van der Waals surface area contributed by atoms with Crippen LogP contribution in [0.2, 0.25) is 0 Å². The maximum atomic E-state index is 11.4. The third-order valence-electron chi connectivity index (χ3n) is 2.08. The van der Waals surface area contributed by atoms with Crippen molar-refractivity contribution in [1.82, 2.24) is 5.32 Å². The van der Waals surface area contributed by atoms with Crippen molar-refractivity contribution in [2.45, 2.75) is 32.5 Å². The van der Waals surface area contributed by atoms with Crippen molar-refractivity contribution < 1.29 is 14.3 Å². The Labute approximate surface area is 78.6 Å². The second kappa shape index (κ2) is 5.19. The van der Waals surface area contributed by atoms with E-state index in [4.69, 9.17) is 9.47 Å². The number of esters is 1. The van der Waals surface area contributed by atoms with Crippen molar-refractivity contribution in [3.63, 3.8) is 0 Å². The van der Waals surface area contributed by atoms with E-state index in [1.54, 1.807) is 0 Å². The summed E-state index contributed by atoms with van der Waals surface area (Å²) in [6.07, 6.45) is 0.409. The Morgan fingerprint density at radius 1 is 1.77 bits per heavy atom. The van der Waals surface area contributed by atoms with Crippen LogP contribution in [0.1, 0.15) is 20.3 Å². The second-order valence-electron chi connectivity index (χ2n) is 3.22. The first-order valence-corrected chi connectivity index (χ1v) is 4.77. The molecule has 2 atom stereocenters. The Balaban J connectivity index is 2.29. The fourth-order valence-corrected chi connectivity index (χ4v) is 1.07. The van der Waals surface area contributed by atoms with Crippen molar-refractivity contribution in [3.8, 4) is 0 Å². The third-order valence-corrected chi connectivity index (χ3v) is 2.08. The van der Waals surface area contributed by atoms with Crippen LogP contribution in [0.3, 0.4) is 0 Å². The van der Waals surface area contributed by atoms with Crippen LogP contribution in [0.4, 0.5) is 0 Å². The molecule has 4 nitrogen and oxygen atoms in total. The lowest BCUT2D eigenvalue weighted by atomic mass is 10.3. The summed E-state index contributed by atoms with van der Waals surface area (Å²) in [7, 11) is 0. The van der Waals surface area contributed by atoms with E-state index < -0.39 is 6.10 Å². The molecule has 0 radical (unpaired) electrons. The van der Waals surface area contributed by atoms with Crippen molar-refractivity contribution in [2.24, 2.45) is 0 Å². The van der Waals surface area contributed by atoms with E-state index >= 15 is 0 Å². The number of morpholine rings is 1. The number of nitrogens with one attached hydrogen (secondary N) is 1. The van der Waals surface area contributed by atoms with E-state index in [0.717, 1.165) is 13.0 Å². The number of carbonyl (C=O) groups excluding carboxylic acids is 1. The van der Waals surface area contributed by atoms with Gasteiger partial charge in [-0.05, 0) is 13.3 Å². The molecule has 13 heavy (non-hydrogen) atoms. The molecule has 76 valence electrons. The van der Waals surface area contributed by atoms with Crippen LogP contribution in [-0.4, -0.2) is 37.9 Å². The maximum absolute atomic E-state index is 11.4. The molecule has 1 rings (SSSR count). The van der Waals surface area contributed by atoms with Gasteiger partial charge in [0.15, 0.2) is 6.10 Å². The summed E-state index contributed by atoms with van der Waals surface area (Å²) in [5, 5.41) is 3.08. The van der Waals surface area contributed by atoms with E-state index in [1.807, 2.05) is 13.8 Å². The fraction of sp³-hybridized carbons (Fsp3) is 0.889. The number of hydrogen-bond donors (Lipinski definition) is 1. The van der Waals surface area contributed by atoms with Crippen molar-refractivity contribution >= 4 is 5.97 Å². The van der Waals surface area contributed by atoms with Gasteiger partial charge in [-0.2, -0.15) is 0 Å². The minimum Gasteiger partial charge on any atom is -0.461 e. The Morgan fingerprint density at radius 3 is 3.08 bits per heavy atom. The quantitative estimate of drug-likeness (QED) is 0.646. The first kappa shape index (κ1) is 10.5. The van der Waals surface area contributed by atoms with Crippen molar-refractivity contribution in [2.75, 3.05) is 19.7 Å². The molecular weight excluding hydrogens is 170 g/mol. The zero-order valence-electron chi connectivity index (χ0n) is 8.21. The summed E-state index contributed by atoms with van der Waals surface area (Å²) in [5.41, 5.74) is 0. The van der Waals surface area contributed by atoms with Crippen LogP contribution in [0.25, 0.3) is 0 Å². The van der Waals surface area contributed by atoms with Gasteiger partial charge in [-0.25, -0.2) is 4.79 Å². The highest BCUT2D eigenvalue weighted by Gasteiger charge is 2.24. The van der Waals surface area contributed by atoms with Crippen molar-refractivity contribution in [1.29, 1.82) is 0 Å². The number of hydrogen-bond acceptors (Lipinski definition) is 4. The lowest BCUT2D eigenvalue weighted by molar-refractivity contribution is -0.163. The molecule has 0 aromatic heterocycles. The van der Waals surface area contributed by atoms with Gasteiger partial charge in [0.25, 0.3) is 0 Å². The summed E-state index contributed by atoms with van der Waals surface area (Å²) in [4.78, 5) is 11.4. The molecule has 0 aromatic rings. The molecule has 0 saturated carbocycles. The molecule has 2 unspecified atom stereocenters. The van der Waals surface area contributed by atoms with Crippen molar-refractivity contribution in [3.05, 3.63) is 0 Å². The van der Waals surface area contributed by atoms with Crippen LogP contribution >= 0.6 is 0 Å². The van der Waals surface area contributed by atoms with Crippen LogP contribution < -0.4 is 5.32 Å². The molecule has 0 aliphatic carbocycles. The van der Waals surface area contributed by atoms with Crippen LogP contribution in [0, 0.1) is 0 Å². The van der Waals surface area contributed by atoms with Gasteiger partial charge in [0.1, 0.15) is 0 Å². The van der Waals surface area contributed by atoms with Gasteiger partial charge in [-0.15, -0.1) is 0 Å². The average molecular weight is 187 g/mol. The topological polar surface area (TPSA) is 47.6 Å².